The van der Waals surface area contributed by atoms with Crippen LogP contribution in [-0.4, -0.2) is 41.6 Å². The van der Waals surface area contributed by atoms with Gasteiger partial charge < -0.3 is 9.64 Å². The largest absolute Gasteiger partial charge is 0.472 e. The lowest BCUT2D eigenvalue weighted by Crippen LogP contribution is -2.34. The van der Waals surface area contributed by atoms with Crippen LogP contribution < -0.4 is 9.64 Å². The summed E-state index contributed by atoms with van der Waals surface area (Å²) >= 11 is 1.19. The number of likely N-dealkylation sites (N-methyl/N-ethyl adjacent to an activating group) is 1. The molecule has 1 aliphatic heterocycles. The van der Waals surface area contributed by atoms with Gasteiger partial charge in [-0.1, -0.05) is 11.3 Å². The van der Waals surface area contributed by atoms with Crippen LogP contribution in [0.15, 0.2) is 6.07 Å². The Morgan fingerprint density at radius 2 is 2.35 bits per heavy atom. The van der Waals surface area contributed by atoms with Gasteiger partial charge in [0.2, 0.25) is 0 Å². The Hall–Kier alpha value is -1.21. The van der Waals surface area contributed by atoms with Gasteiger partial charge >= 0.3 is 0 Å². The van der Waals surface area contributed by atoms with Crippen molar-refractivity contribution in [3.05, 3.63) is 10.9 Å². The summed E-state index contributed by atoms with van der Waals surface area (Å²) in [5.41, 5.74) is 0.608. The van der Waals surface area contributed by atoms with E-state index in [1.807, 2.05) is 0 Å². The predicted octanol–water partition coefficient (Wildman–Crippen LogP) is 0.664. The molecule has 1 aromatic rings. The molecule has 2 rings (SSSR count). The van der Waals surface area contributed by atoms with Crippen molar-refractivity contribution in [2.75, 3.05) is 30.6 Å². The van der Waals surface area contributed by atoms with Crippen molar-refractivity contribution in [2.45, 2.75) is 0 Å². The lowest BCUT2D eigenvalue weighted by Gasteiger charge is -2.22. The summed E-state index contributed by atoms with van der Waals surface area (Å²) in [6.45, 7) is -0.00263. The van der Waals surface area contributed by atoms with Gasteiger partial charge in [0.1, 0.15) is 0 Å². The molecule has 0 N–H and O–H groups in total. The standard InChI is InChI=1S/C10H11NO4S2/c1-11-6-3-8(7(12)5-17(2)14)16-10(6)15-4-9(11)13/h3H,4-5H2,1-2H3. The molecule has 17 heavy (non-hydrogen) atoms. The van der Waals surface area contributed by atoms with Crippen LogP contribution in [0, 0.1) is 0 Å². The molecule has 1 aromatic heterocycles. The first-order chi connectivity index (χ1) is 7.99. The number of thiophene rings is 1. The molecule has 1 unspecified atom stereocenters. The van der Waals surface area contributed by atoms with E-state index in [4.69, 9.17) is 4.74 Å². The summed E-state index contributed by atoms with van der Waals surface area (Å²) in [7, 11) is 0.480. The molecule has 0 aliphatic carbocycles. The molecule has 0 bridgehead atoms. The van der Waals surface area contributed by atoms with Gasteiger partial charge in [-0.15, -0.1) is 0 Å². The van der Waals surface area contributed by atoms with Gasteiger partial charge in [0.15, 0.2) is 17.5 Å². The summed E-state index contributed by atoms with van der Waals surface area (Å²) in [4.78, 5) is 25.1. The maximum atomic E-state index is 11.7. The van der Waals surface area contributed by atoms with Gasteiger partial charge in [-0.05, 0) is 6.07 Å². The molecule has 0 aromatic carbocycles. The van der Waals surface area contributed by atoms with Gasteiger partial charge in [-0.25, -0.2) is 0 Å². The summed E-state index contributed by atoms with van der Waals surface area (Å²) in [5.74, 6) is -0.333. The minimum atomic E-state index is -1.16. The van der Waals surface area contributed by atoms with E-state index in [0.717, 1.165) is 0 Å². The topological polar surface area (TPSA) is 63.7 Å². The second kappa shape index (κ2) is 4.58. The average Bonchev–Trinajstić information content (AvgIpc) is 2.67. The lowest BCUT2D eigenvalue weighted by atomic mass is 10.3. The monoisotopic (exact) mass is 273 g/mol. The smallest absolute Gasteiger partial charge is 0.264 e. The number of nitrogens with zero attached hydrogens (tertiary/aromatic N) is 1. The Morgan fingerprint density at radius 1 is 1.65 bits per heavy atom. The minimum Gasteiger partial charge on any atom is -0.472 e. The fraction of sp³-hybridized carbons (Fsp3) is 0.400. The first kappa shape index (κ1) is 12.3. The van der Waals surface area contributed by atoms with E-state index in [0.29, 0.717) is 15.6 Å². The van der Waals surface area contributed by atoms with E-state index in [1.54, 1.807) is 13.1 Å². The number of carbonyl (C=O) groups is 2. The first-order valence-corrected chi connectivity index (χ1v) is 7.40. The second-order valence-electron chi connectivity index (χ2n) is 3.67. The van der Waals surface area contributed by atoms with E-state index < -0.39 is 10.8 Å². The van der Waals surface area contributed by atoms with Crippen molar-refractivity contribution in [2.24, 2.45) is 0 Å². The number of Topliss-reactive ketones (excluding diaryl/α,β-unsaturated/α-hetero) is 1. The zero-order chi connectivity index (χ0) is 12.6. The highest BCUT2D eigenvalue weighted by Gasteiger charge is 2.26. The molecule has 7 heteroatoms. The Kier molecular flexibility index (Phi) is 3.30. The quantitative estimate of drug-likeness (QED) is 0.759. The van der Waals surface area contributed by atoms with E-state index >= 15 is 0 Å². The third-order valence-electron chi connectivity index (χ3n) is 2.35. The molecule has 0 fully saturated rings. The molecule has 5 nitrogen and oxygen atoms in total. The number of ether oxygens (including phenoxy) is 1. The molecule has 1 amide bonds. The lowest BCUT2D eigenvalue weighted by molar-refractivity contribution is -0.120. The Morgan fingerprint density at radius 3 is 3.00 bits per heavy atom. The number of hydrogen-bond donors (Lipinski definition) is 0. The highest BCUT2D eigenvalue weighted by atomic mass is 32.2. The van der Waals surface area contributed by atoms with E-state index in [1.165, 1.54) is 22.5 Å². The summed E-state index contributed by atoms with van der Waals surface area (Å²) < 4.78 is 16.2. The van der Waals surface area contributed by atoms with Crippen molar-refractivity contribution in [3.63, 3.8) is 0 Å². The molecule has 92 valence electrons. The van der Waals surface area contributed by atoms with Crippen LogP contribution in [0.25, 0.3) is 0 Å². The molecule has 0 radical (unpaired) electrons. The maximum absolute atomic E-state index is 11.7. The highest BCUT2D eigenvalue weighted by Crippen LogP contribution is 2.39. The number of amides is 1. The van der Waals surface area contributed by atoms with Crippen molar-refractivity contribution < 1.29 is 18.5 Å². The fourth-order valence-electron chi connectivity index (χ4n) is 1.45. The van der Waals surface area contributed by atoms with Crippen molar-refractivity contribution >= 4 is 39.5 Å². The number of carbonyl (C=O) groups excluding carboxylic acids is 2. The van der Waals surface area contributed by atoms with Crippen LogP contribution in [0.2, 0.25) is 0 Å². The third kappa shape index (κ3) is 2.39. The van der Waals surface area contributed by atoms with Gasteiger partial charge in [0.05, 0.1) is 16.3 Å². The van der Waals surface area contributed by atoms with Crippen molar-refractivity contribution in [1.29, 1.82) is 0 Å². The first-order valence-electron chi connectivity index (χ1n) is 4.85. The molecular weight excluding hydrogens is 262 g/mol. The van der Waals surface area contributed by atoms with Crippen LogP contribution in [-0.2, 0) is 15.6 Å². The highest BCUT2D eigenvalue weighted by molar-refractivity contribution is 7.85. The van der Waals surface area contributed by atoms with Crippen LogP contribution >= 0.6 is 11.3 Å². The molecule has 0 saturated heterocycles. The zero-order valence-corrected chi connectivity index (χ0v) is 11.0. The Balaban J connectivity index is 2.29. The summed E-state index contributed by atoms with van der Waals surface area (Å²) in [6.07, 6.45) is 1.48. The minimum absolute atomic E-state index is 0.00263. The number of ketones is 1. The van der Waals surface area contributed by atoms with Crippen molar-refractivity contribution in [1.82, 2.24) is 0 Å². The van der Waals surface area contributed by atoms with Crippen LogP contribution in [0.3, 0.4) is 0 Å². The molecule has 1 atom stereocenters. The summed E-state index contributed by atoms with van der Waals surface area (Å²) in [6, 6.07) is 1.62. The molecule has 1 aliphatic rings. The van der Waals surface area contributed by atoms with E-state index in [9.17, 15) is 13.8 Å². The van der Waals surface area contributed by atoms with Gasteiger partial charge in [0.25, 0.3) is 5.91 Å². The van der Waals surface area contributed by atoms with E-state index in [-0.39, 0.29) is 24.1 Å². The van der Waals surface area contributed by atoms with Gasteiger partial charge in [0, 0.05) is 24.1 Å². The predicted molar refractivity (Wildman–Crippen MR) is 66.5 cm³/mol. The van der Waals surface area contributed by atoms with Crippen LogP contribution in [0.5, 0.6) is 5.06 Å². The summed E-state index contributed by atoms with van der Waals surface area (Å²) in [5, 5.41) is 0.567. The molecule has 0 spiro atoms. The number of anilines is 1. The SMILES string of the molecule is CN1C(=O)COc2sc(C(=O)CS(C)=O)cc21. The second-order valence-corrected chi connectivity index (χ2v) is 6.12. The van der Waals surface area contributed by atoms with E-state index in [2.05, 4.69) is 0 Å². The van der Waals surface area contributed by atoms with Gasteiger partial charge in [-0.2, -0.15) is 0 Å². The Bertz CT molecular complexity index is 508. The maximum Gasteiger partial charge on any atom is 0.264 e. The van der Waals surface area contributed by atoms with Crippen LogP contribution in [0.4, 0.5) is 5.69 Å². The molecule has 2 heterocycles. The number of fused-ring (bicyclic) bond motifs is 1. The van der Waals surface area contributed by atoms with Crippen molar-refractivity contribution in [3.8, 4) is 5.06 Å². The average molecular weight is 273 g/mol. The normalized spacial score (nSPS) is 16.4. The number of hydrogen-bond acceptors (Lipinski definition) is 5. The Labute approximate surface area is 105 Å². The molecular formula is C10H11NO4S2. The van der Waals surface area contributed by atoms with Crippen LogP contribution in [0.1, 0.15) is 9.67 Å². The molecule has 0 saturated carbocycles. The van der Waals surface area contributed by atoms with Gasteiger partial charge in [-0.3, -0.25) is 13.8 Å². The number of rotatable bonds is 3. The zero-order valence-electron chi connectivity index (χ0n) is 9.39. The third-order valence-corrected chi connectivity index (χ3v) is 4.10. The fourth-order valence-corrected chi connectivity index (χ4v) is 3.04.